The molecule has 5 N–H and O–H groups in total. The van der Waals surface area contributed by atoms with Crippen LogP contribution in [-0.4, -0.2) is 162 Å². The fourth-order valence-electron chi connectivity index (χ4n) is 12.0. The van der Waals surface area contributed by atoms with Crippen molar-refractivity contribution in [2.45, 2.75) is 195 Å². The van der Waals surface area contributed by atoms with Crippen molar-refractivity contribution in [1.29, 1.82) is 0 Å². The van der Waals surface area contributed by atoms with E-state index in [-0.39, 0.29) is 37.1 Å². The van der Waals surface area contributed by atoms with E-state index in [9.17, 15) is 34.8 Å². The third kappa shape index (κ3) is 13.3. The van der Waals surface area contributed by atoms with E-state index in [0.29, 0.717) is 25.9 Å². The van der Waals surface area contributed by atoms with E-state index in [1.165, 1.54) is 46.9 Å². The Balaban J connectivity index is 1.09. The van der Waals surface area contributed by atoms with Crippen LogP contribution in [0.15, 0.2) is 70.5 Å². The summed E-state index contributed by atoms with van der Waals surface area (Å²) in [6, 6.07) is 18.5. The molecule has 0 bridgehead atoms. The Hall–Kier alpha value is -3.60. The maximum atomic E-state index is 14.5. The molecule has 7 rings (SSSR count). The second-order valence-electron chi connectivity index (χ2n) is 22.6. The lowest BCUT2D eigenvalue weighted by molar-refractivity contribution is -0.319. The van der Waals surface area contributed by atoms with Gasteiger partial charge in [0.25, 0.3) is 0 Å². The van der Waals surface area contributed by atoms with Gasteiger partial charge in [-0.2, -0.15) is 0 Å². The first kappa shape index (κ1) is 61.0. The molecule has 3 fully saturated rings. The molecule has 18 heteroatoms. The monoisotopic (exact) mass is 1110 g/mol. The zero-order valence-corrected chi connectivity index (χ0v) is 48.7. The Morgan fingerprint density at radius 2 is 1.51 bits per heavy atom. The summed E-state index contributed by atoms with van der Waals surface area (Å²) in [4.78, 5) is 48.6. The second kappa shape index (κ2) is 25.5. The number of aliphatic hydroxyl groups excluding tert-OH is 3. The summed E-state index contributed by atoms with van der Waals surface area (Å²) < 4.78 is 44.8. The summed E-state index contributed by atoms with van der Waals surface area (Å²) in [6.45, 7) is 17.9. The average Bonchev–Trinajstić information content (AvgIpc) is 3.82. The molecule has 1 aromatic heterocycles. The summed E-state index contributed by atoms with van der Waals surface area (Å²) in [5.41, 5.74) is -0.914. The van der Waals surface area contributed by atoms with Crippen LogP contribution in [0.3, 0.4) is 0 Å². The van der Waals surface area contributed by atoms with Gasteiger partial charge in [-0.25, -0.2) is 0 Å². The number of amides is 1. The molecular weight excluding hydrogens is 1020 g/mol. The summed E-state index contributed by atoms with van der Waals surface area (Å²) in [7, 11) is 4.92. The summed E-state index contributed by atoms with van der Waals surface area (Å²) >= 11 is 3.43. The standard InChI is InChI=1S/C59H84N2O14S2/c1-14-45-59(10,68)52(65)34(4)48(63)32(2)30-58(9,70-13)54(35(5)50(36(6)55(67)73-45)74-47-31-57(8,69-12)53(66)37(7)72-47)75-56-49(64)42(28-33(3)71-56)61(11)27-19-26-60-46(62)25-24-38-29-41-39-20-15-17-22-43(39)77-44-23-18-16-21-40(44)51(41)76-38/h15-18,20-25,29,32-37,42,45,47,49-50,52-54,56,64-66,68H,14,19,26-28,30-31H2,1-13H3,(H,60,62)/b25-24+/t32-,33-,34+,35+,36-,37+,42+,45-,47+,49-,50+,52-,53+,54-,56+,57-,58-,59-/m1/s1. The van der Waals surface area contributed by atoms with E-state index in [1.807, 2.05) is 31.9 Å². The molecule has 0 saturated carbocycles. The summed E-state index contributed by atoms with van der Waals surface area (Å²) in [5, 5.41) is 49.9. The number of Topliss-reactive ketones (excluding diaryl/α,β-unsaturated/α-hetero) is 1. The van der Waals surface area contributed by atoms with Crippen LogP contribution in [0.2, 0.25) is 0 Å². The normalized spacial score (nSPS) is 37.3. The lowest BCUT2D eigenvalue weighted by Gasteiger charge is -2.50. The molecule has 5 heterocycles. The van der Waals surface area contributed by atoms with Gasteiger partial charge in [-0.1, -0.05) is 75.9 Å². The third-order valence-corrected chi connectivity index (χ3v) is 19.1. The van der Waals surface area contributed by atoms with Crippen molar-refractivity contribution in [3.8, 4) is 21.6 Å². The Labute approximate surface area is 463 Å². The number of aliphatic hydroxyl groups is 4. The number of hydrogen-bond donors (Lipinski definition) is 5. The second-order valence-corrected chi connectivity index (χ2v) is 24.8. The van der Waals surface area contributed by atoms with Crippen molar-refractivity contribution in [2.24, 2.45) is 23.7 Å². The molecule has 18 atom stereocenters. The number of hydrogen-bond acceptors (Lipinski definition) is 17. The zero-order valence-electron chi connectivity index (χ0n) is 47.1. The lowest BCUT2D eigenvalue weighted by atomic mass is 9.74. The van der Waals surface area contributed by atoms with E-state index >= 15 is 0 Å². The van der Waals surface area contributed by atoms with Crippen molar-refractivity contribution in [1.82, 2.24) is 10.2 Å². The molecule has 426 valence electrons. The van der Waals surface area contributed by atoms with E-state index in [1.54, 1.807) is 77.6 Å². The number of carbonyl (C=O) groups excluding carboxylic acids is 3. The molecule has 16 nitrogen and oxygen atoms in total. The maximum absolute atomic E-state index is 14.5. The number of fused-ring (bicyclic) bond motifs is 5. The SMILES string of the molecule is CC[C@H]1OC(=O)[C@H](C)[C@@H](O[C@H]2C[C@@](C)(OC)[C@@H](O)[C@H](C)O2)[C@H](C)[C@@H](O[C@@H]2O[C@H](C)C[C@H](N(C)CCCNC(=O)/C=C/c3cc4c(s3)-c3ccccc3Sc3ccccc3-4)[C@H]2O)[C@](C)(OC)C[C@@H](C)C(=O)[C@H](C)[C@@H](O)[C@]1(C)O. The van der Waals surface area contributed by atoms with Gasteiger partial charge in [0.2, 0.25) is 5.91 Å². The minimum absolute atomic E-state index is 0.0600. The fourth-order valence-corrected chi connectivity index (χ4v) is 14.2. The quantitative estimate of drug-likeness (QED) is 0.0462. The Morgan fingerprint density at radius 3 is 2.17 bits per heavy atom. The molecular formula is C59H84N2O14S2. The van der Waals surface area contributed by atoms with E-state index in [4.69, 9.17) is 33.2 Å². The number of carbonyl (C=O) groups is 3. The first-order valence-corrected chi connectivity index (χ1v) is 28.9. The van der Waals surface area contributed by atoms with Crippen molar-refractivity contribution in [3.63, 3.8) is 0 Å². The zero-order chi connectivity index (χ0) is 56.3. The molecule has 4 aliphatic rings. The molecule has 0 radical (unpaired) electrons. The van der Waals surface area contributed by atoms with Gasteiger partial charge in [-0.15, -0.1) is 11.3 Å². The Kier molecular flexibility index (Phi) is 20.2. The van der Waals surface area contributed by atoms with E-state index in [0.717, 1.165) is 10.4 Å². The number of nitrogens with zero attached hydrogens (tertiary/aromatic N) is 1. The highest BCUT2D eigenvalue weighted by Gasteiger charge is 2.54. The van der Waals surface area contributed by atoms with Crippen molar-refractivity contribution >= 4 is 46.8 Å². The number of thiophene rings is 1. The number of rotatable bonds is 14. The predicted molar refractivity (Wildman–Crippen MR) is 296 cm³/mol. The molecule has 3 saturated heterocycles. The topological polar surface area (TPSA) is 212 Å². The molecule has 0 aliphatic carbocycles. The largest absolute Gasteiger partial charge is 0.459 e. The van der Waals surface area contributed by atoms with Crippen LogP contribution < -0.4 is 5.32 Å². The van der Waals surface area contributed by atoms with E-state index < -0.39 is 108 Å². The summed E-state index contributed by atoms with van der Waals surface area (Å²) in [6.07, 6.45) is -5.67. The number of ether oxygens (including phenoxy) is 7. The van der Waals surface area contributed by atoms with Crippen LogP contribution in [0.25, 0.3) is 27.6 Å². The highest BCUT2D eigenvalue weighted by atomic mass is 32.2. The van der Waals surface area contributed by atoms with Gasteiger partial charge in [0.15, 0.2) is 12.6 Å². The first-order valence-electron chi connectivity index (χ1n) is 27.3. The number of cyclic esters (lactones) is 1. The maximum Gasteiger partial charge on any atom is 0.311 e. The minimum atomic E-state index is -2.01. The molecule has 0 spiro atoms. The number of nitrogens with one attached hydrogen (secondary N) is 1. The van der Waals surface area contributed by atoms with Crippen molar-refractivity contribution in [3.05, 3.63) is 65.6 Å². The number of likely N-dealkylation sites (N-methyl/N-ethyl adjacent to an activating group) is 1. The third-order valence-electron chi connectivity index (χ3n) is 16.8. The molecule has 77 heavy (non-hydrogen) atoms. The Morgan fingerprint density at radius 1 is 0.857 bits per heavy atom. The van der Waals surface area contributed by atoms with Crippen molar-refractivity contribution in [2.75, 3.05) is 34.4 Å². The van der Waals surface area contributed by atoms with Gasteiger partial charge < -0.3 is 63.8 Å². The molecule has 2 aromatic carbocycles. The minimum Gasteiger partial charge on any atom is -0.459 e. The van der Waals surface area contributed by atoms with Gasteiger partial charge in [0, 0.05) is 87.7 Å². The molecule has 1 amide bonds. The van der Waals surface area contributed by atoms with Gasteiger partial charge in [-0.3, -0.25) is 14.4 Å². The van der Waals surface area contributed by atoms with Crippen LogP contribution in [0.1, 0.15) is 106 Å². The van der Waals surface area contributed by atoms with Crippen LogP contribution in [-0.2, 0) is 47.5 Å². The van der Waals surface area contributed by atoms with Crippen LogP contribution in [0.4, 0.5) is 0 Å². The summed E-state index contributed by atoms with van der Waals surface area (Å²) in [5.74, 6) is -4.98. The van der Waals surface area contributed by atoms with Gasteiger partial charge in [0.1, 0.15) is 29.7 Å². The molecule has 0 unspecified atom stereocenters. The first-order chi connectivity index (χ1) is 36.4. The van der Waals surface area contributed by atoms with Crippen LogP contribution in [0, 0.1) is 23.7 Å². The van der Waals surface area contributed by atoms with Gasteiger partial charge in [0.05, 0.1) is 47.6 Å². The lowest BCUT2D eigenvalue weighted by Crippen LogP contribution is -2.61. The average molecular weight is 1110 g/mol. The van der Waals surface area contributed by atoms with Crippen molar-refractivity contribution < 1.29 is 68.0 Å². The van der Waals surface area contributed by atoms with Crippen LogP contribution >= 0.6 is 23.1 Å². The predicted octanol–water partition coefficient (Wildman–Crippen LogP) is 7.89. The highest BCUT2D eigenvalue weighted by molar-refractivity contribution is 7.99. The molecule has 4 aliphatic heterocycles. The number of ketones is 1. The van der Waals surface area contributed by atoms with Gasteiger partial charge in [-0.05, 0) is 111 Å². The van der Waals surface area contributed by atoms with Crippen LogP contribution in [0.5, 0.6) is 0 Å². The number of methoxy groups -OCH3 is 2. The van der Waals surface area contributed by atoms with E-state index in [2.05, 4.69) is 59.9 Å². The highest BCUT2D eigenvalue weighted by Crippen LogP contribution is 2.51. The molecule has 3 aromatic rings. The number of esters is 1. The number of benzene rings is 2. The smallest absolute Gasteiger partial charge is 0.311 e. The fraction of sp³-hybridized carbons (Fsp3) is 0.644. The van der Waals surface area contributed by atoms with Gasteiger partial charge >= 0.3 is 5.97 Å². The Bertz CT molecular complexity index is 2480.